The van der Waals surface area contributed by atoms with Crippen molar-refractivity contribution in [2.75, 3.05) is 17.1 Å². The monoisotopic (exact) mass is 310 g/mol. The predicted octanol–water partition coefficient (Wildman–Crippen LogP) is 1.74. The summed E-state index contributed by atoms with van der Waals surface area (Å²) in [6.45, 7) is 4.01. The summed E-state index contributed by atoms with van der Waals surface area (Å²) in [5.74, 6) is -0.0866. The van der Waals surface area contributed by atoms with Crippen LogP contribution >= 0.6 is 0 Å². The molecule has 1 aromatic carbocycles. The van der Waals surface area contributed by atoms with E-state index in [0.717, 1.165) is 24.0 Å². The molecule has 0 unspecified atom stereocenters. The van der Waals surface area contributed by atoms with E-state index in [0.29, 0.717) is 11.7 Å². The lowest BCUT2D eigenvalue weighted by molar-refractivity contribution is -0.121. The van der Waals surface area contributed by atoms with Crippen LogP contribution in [-0.2, 0) is 14.8 Å². The maximum absolute atomic E-state index is 12.0. The Labute approximate surface area is 126 Å². The van der Waals surface area contributed by atoms with Gasteiger partial charge in [-0.05, 0) is 43.9 Å². The van der Waals surface area contributed by atoms with Crippen molar-refractivity contribution in [2.24, 2.45) is 0 Å². The van der Waals surface area contributed by atoms with Crippen LogP contribution in [-0.4, -0.2) is 33.2 Å². The minimum absolute atomic E-state index is 0.0866. The van der Waals surface area contributed by atoms with Gasteiger partial charge in [0.25, 0.3) is 0 Å². The Morgan fingerprint density at radius 1 is 1.33 bits per heavy atom. The number of hydrogen-bond donors (Lipinski definition) is 1. The van der Waals surface area contributed by atoms with Crippen molar-refractivity contribution < 1.29 is 13.2 Å². The quantitative estimate of drug-likeness (QED) is 0.870. The van der Waals surface area contributed by atoms with Crippen LogP contribution in [0, 0.1) is 13.8 Å². The second kappa shape index (κ2) is 6.05. The van der Waals surface area contributed by atoms with Crippen molar-refractivity contribution in [2.45, 2.75) is 39.2 Å². The van der Waals surface area contributed by atoms with E-state index in [1.165, 1.54) is 10.6 Å². The molecule has 21 heavy (non-hydrogen) atoms. The third-order valence-electron chi connectivity index (χ3n) is 3.73. The van der Waals surface area contributed by atoms with Gasteiger partial charge in [-0.2, -0.15) is 0 Å². The number of aryl methyl sites for hydroxylation is 1. The fourth-order valence-corrected chi connectivity index (χ4v) is 3.18. The molecule has 0 saturated heterocycles. The minimum atomic E-state index is -3.41. The SMILES string of the molecule is Cc1cccc(N(CCC(=O)NC2CC2)S(C)(=O)=O)c1C. The molecular weight excluding hydrogens is 288 g/mol. The molecule has 116 valence electrons. The van der Waals surface area contributed by atoms with Gasteiger partial charge in [-0.1, -0.05) is 12.1 Å². The molecule has 0 aliphatic heterocycles. The van der Waals surface area contributed by atoms with Crippen LogP contribution < -0.4 is 9.62 Å². The predicted molar refractivity (Wildman–Crippen MR) is 83.9 cm³/mol. The zero-order chi connectivity index (χ0) is 15.6. The smallest absolute Gasteiger partial charge is 0.232 e. The zero-order valence-corrected chi connectivity index (χ0v) is 13.5. The molecule has 0 bridgehead atoms. The molecule has 1 aromatic rings. The highest BCUT2D eigenvalue weighted by molar-refractivity contribution is 7.92. The first-order valence-corrected chi connectivity index (χ1v) is 8.97. The molecule has 1 saturated carbocycles. The lowest BCUT2D eigenvalue weighted by Crippen LogP contribution is -2.35. The lowest BCUT2D eigenvalue weighted by atomic mass is 10.1. The highest BCUT2D eigenvalue weighted by Crippen LogP contribution is 2.25. The normalized spacial score (nSPS) is 14.8. The molecular formula is C15H22N2O3S. The van der Waals surface area contributed by atoms with Gasteiger partial charge in [0.05, 0.1) is 11.9 Å². The molecule has 0 aromatic heterocycles. The number of carbonyl (C=O) groups excluding carboxylic acids is 1. The summed E-state index contributed by atoms with van der Waals surface area (Å²) in [5.41, 5.74) is 2.60. The highest BCUT2D eigenvalue weighted by atomic mass is 32.2. The van der Waals surface area contributed by atoms with Crippen LogP contribution in [0.4, 0.5) is 5.69 Å². The van der Waals surface area contributed by atoms with Crippen molar-refractivity contribution in [3.05, 3.63) is 29.3 Å². The summed E-state index contributed by atoms with van der Waals surface area (Å²) >= 11 is 0. The standard InChI is InChI=1S/C15H22N2O3S/c1-11-5-4-6-14(12(11)2)17(21(3,19)20)10-9-15(18)16-13-7-8-13/h4-6,13H,7-10H2,1-3H3,(H,16,18). The molecule has 0 spiro atoms. The number of nitrogens with one attached hydrogen (secondary N) is 1. The first-order valence-electron chi connectivity index (χ1n) is 7.12. The van der Waals surface area contributed by atoms with Gasteiger partial charge in [0.2, 0.25) is 15.9 Å². The largest absolute Gasteiger partial charge is 0.353 e. The van der Waals surface area contributed by atoms with E-state index in [2.05, 4.69) is 5.32 Å². The summed E-state index contributed by atoms with van der Waals surface area (Å²) in [4.78, 5) is 11.8. The van der Waals surface area contributed by atoms with Crippen LogP contribution in [0.2, 0.25) is 0 Å². The molecule has 1 amide bonds. The van der Waals surface area contributed by atoms with E-state index in [-0.39, 0.29) is 18.9 Å². The van der Waals surface area contributed by atoms with Crippen LogP contribution in [0.3, 0.4) is 0 Å². The molecule has 5 nitrogen and oxygen atoms in total. The van der Waals surface area contributed by atoms with E-state index in [9.17, 15) is 13.2 Å². The van der Waals surface area contributed by atoms with Gasteiger partial charge in [0, 0.05) is 19.0 Å². The summed E-state index contributed by atoms with van der Waals surface area (Å²) in [6, 6.07) is 5.85. The molecule has 0 atom stereocenters. The van der Waals surface area contributed by atoms with Crippen LogP contribution in [0.25, 0.3) is 0 Å². The van der Waals surface area contributed by atoms with Crippen LogP contribution in [0.1, 0.15) is 30.4 Å². The molecule has 0 heterocycles. The number of anilines is 1. The number of hydrogen-bond acceptors (Lipinski definition) is 3. The average Bonchev–Trinajstić information content (AvgIpc) is 3.16. The molecule has 1 aliphatic rings. The van der Waals surface area contributed by atoms with Gasteiger partial charge in [-0.25, -0.2) is 8.42 Å². The van der Waals surface area contributed by atoms with Gasteiger partial charge in [0.1, 0.15) is 0 Å². The number of amides is 1. The lowest BCUT2D eigenvalue weighted by Gasteiger charge is -2.24. The molecule has 1 N–H and O–H groups in total. The van der Waals surface area contributed by atoms with Crippen LogP contribution in [0.5, 0.6) is 0 Å². The van der Waals surface area contributed by atoms with Gasteiger partial charge in [-0.3, -0.25) is 9.10 Å². The Kier molecular flexibility index (Phi) is 4.56. The second-order valence-corrected chi connectivity index (χ2v) is 7.55. The maximum Gasteiger partial charge on any atom is 0.232 e. The van der Waals surface area contributed by atoms with E-state index in [1.54, 1.807) is 6.07 Å². The fourth-order valence-electron chi connectivity index (χ4n) is 2.20. The van der Waals surface area contributed by atoms with Crippen molar-refractivity contribution in [3.63, 3.8) is 0 Å². The van der Waals surface area contributed by atoms with Gasteiger partial charge < -0.3 is 5.32 Å². The third kappa shape index (κ3) is 4.20. The number of benzene rings is 1. The summed E-state index contributed by atoms with van der Waals surface area (Å²) in [7, 11) is -3.41. The second-order valence-electron chi connectivity index (χ2n) is 5.65. The Balaban J connectivity index is 2.14. The van der Waals surface area contributed by atoms with Crippen LogP contribution in [0.15, 0.2) is 18.2 Å². The summed E-state index contributed by atoms with van der Waals surface area (Å²) in [6.07, 6.45) is 3.40. The first-order chi connectivity index (χ1) is 9.79. The van der Waals surface area contributed by atoms with Crippen molar-refractivity contribution in [1.82, 2.24) is 5.32 Å². The van der Waals surface area contributed by atoms with Gasteiger partial charge in [-0.15, -0.1) is 0 Å². The van der Waals surface area contributed by atoms with Gasteiger partial charge >= 0.3 is 0 Å². The Morgan fingerprint density at radius 2 is 2.00 bits per heavy atom. The molecule has 2 rings (SSSR count). The Hall–Kier alpha value is -1.56. The first kappa shape index (κ1) is 15.8. The summed E-state index contributed by atoms with van der Waals surface area (Å²) < 4.78 is 25.4. The average molecular weight is 310 g/mol. The van der Waals surface area contributed by atoms with E-state index >= 15 is 0 Å². The third-order valence-corrected chi connectivity index (χ3v) is 4.91. The minimum Gasteiger partial charge on any atom is -0.353 e. The number of nitrogens with zero attached hydrogens (tertiary/aromatic N) is 1. The van der Waals surface area contributed by atoms with Crippen molar-refractivity contribution in [1.29, 1.82) is 0 Å². The zero-order valence-electron chi connectivity index (χ0n) is 12.7. The number of rotatable bonds is 6. The van der Waals surface area contributed by atoms with E-state index in [4.69, 9.17) is 0 Å². The number of sulfonamides is 1. The molecule has 0 radical (unpaired) electrons. The Morgan fingerprint density at radius 3 is 2.57 bits per heavy atom. The molecule has 1 aliphatic carbocycles. The highest BCUT2D eigenvalue weighted by Gasteiger charge is 2.25. The van der Waals surface area contributed by atoms with Gasteiger partial charge in [0.15, 0.2) is 0 Å². The fraction of sp³-hybridized carbons (Fsp3) is 0.533. The maximum atomic E-state index is 12.0. The topological polar surface area (TPSA) is 66.5 Å². The van der Waals surface area contributed by atoms with E-state index in [1.807, 2.05) is 26.0 Å². The summed E-state index contributed by atoms with van der Waals surface area (Å²) in [5, 5.41) is 2.88. The van der Waals surface area contributed by atoms with Crippen molar-refractivity contribution in [3.8, 4) is 0 Å². The molecule has 1 fully saturated rings. The number of carbonyl (C=O) groups is 1. The Bertz CT molecular complexity index is 636. The molecule has 6 heteroatoms. The van der Waals surface area contributed by atoms with Crippen molar-refractivity contribution >= 4 is 21.6 Å². The van der Waals surface area contributed by atoms with E-state index < -0.39 is 10.0 Å².